The average molecular weight is 355 g/mol. The molecule has 0 spiro atoms. The average Bonchev–Trinajstić information content (AvgIpc) is 3.28. The highest BCUT2D eigenvalue weighted by Crippen LogP contribution is 2.33. The number of thioether (sulfide) groups is 1. The van der Waals surface area contributed by atoms with E-state index in [-0.39, 0.29) is 0 Å². The fraction of sp³-hybridized carbons (Fsp3) is 0.444. The zero-order chi connectivity index (χ0) is 17.1. The van der Waals surface area contributed by atoms with Crippen molar-refractivity contribution in [3.05, 3.63) is 42.0 Å². The largest absolute Gasteiger partial charge is 0.338 e. The van der Waals surface area contributed by atoms with Crippen LogP contribution in [0.5, 0.6) is 0 Å². The van der Waals surface area contributed by atoms with Crippen molar-refractivity contribution in [2.75, 3.05) is 0 Å². The molecule has 1 aromatic carbocycles. The number of benzene rings is 1. The van der Waals surface area contributed by atoms with Crippen molar-refractivity contribution in [1.29, 1.82) is 0 Å². The summed E-state index contributed by atoms with van der Waals surface area (Å²) in [5.74, 6) is 3.48. The van der Waals surface area contributed by atoms with Gasteiger partial charge in [-0.25, -0.2) is 0 Å². The van der Waals surface area contributed by atoms with Crippen LogP contribution in [0.25, 0.3) is 11.4 Å². The summed E-state index contributed by atoms with van der Waals surface area (Å²) in [6.45, 7) is 0. The first kappa shape index (κ1) is 16.3. The molecular formula is C18H21N5OS. The van der Waals surface area contributed by atoms with Gasteiger partial charge < -0.3 is 9.09 Å². The molecule has 6 nitrogen and oxygen atoms in total. The molecule has 0 bridgehead atoms. The molecule has 3 aromatic rings. The van der Waals surface area contributed by atoms with Crippen LogP contribution in [0.3, 0.4) is 0 Å². The summed E-state index contributed by atoms with van der Waals surface area (Å²) in [5, 5.41) is 13.7. The Morgan fingerprint density at radius 3 is 2.72 bits per heavy atom. The molecule has 1 aliphatic carbocycles. The summed E-state index contributed by atoms with van der Waals surface area (Å²) in [6.07, 6.45) is 6.38. The summed E-state index contributed by atoms with van der Waals surface area (Å²) in [7, 11) is 2.05. The fourth-order valence-corrected chi connectivity index (χ4v) is 4.07. The van der Waals surface area contributed by atoms with Crippen LogP contribution in [0.1, 0.15) is 49.7 Å². The van der Waals surface area contributed by atoms with Gasteiger partial charge in [0.2, 0.25) is 11.7 Å². The van der Waals surface area contributed by atoms with Gasteiger partial charge in [-0.1, -0.05) is 66.5 Å². The summed E-state index contributed by atoms with van der Waals surface area (Å²) >= 11 is 1.59. The molecule has 0 unspecified atom stereocenters. The summed E-state index contributed by atoms with van der Waals surface area (Å²) in [4.78, 5) is 4.47. The Bertz CT molecular complexity index is 823. The number of aromatic nitrogens is 5. The first-order valence-corrected chi connectivity index (χ1v) is 9.70. The first-order chi connectivity index (χ1) is 12.3. The lowest BCUT2D eigenvalue weighted by Gasteiger charge is -2.20. The van der Waals surface area contributed by atoms with E-state index >= 15 is 0 Å². The molecule has 0 atom stereocenters. The van der Waals surface area contributed by atoms with Crippen LogP contribution >= 0.6 is 11.8 Å². The third-order valence-corrected chi connectivity index (χ3v) is 5.67. The second-order valence-electron chi connectivity index (χ2n) is 6.40. The summed E-state index contributed by atoms with van der Waals surface area (Å²) in [6, 6.07) is 9.85. The number of hydrogen-bond donors (Lipinski definition) is 0. The van der Waals surface area contributed by atoms with Crippen molar-refractivity contribution >= 4 is 11.8 Å². The van der Waals surface area contributed by atoms with Crippen LogP contribution in [-0.4, -0.2) is 24.9 Å². The molecule has 7 heteroatoms. The van der Waals surface area contributed by atoms with Gasteiger partial charge in [0.25, 0.3) is 0 Å². The Morgan fingerprint density at radius 1 is 1.12 bits per heavy atom. The van der Waals surface area contributed by atoms with Gasteiger partial charge in [0, 0.05) is 18.5 Å². The molecule has 2 aromatic heterocycles. The Labute approximate surface area is 151 Å². The first-order valence-electron chi connectivity index (χ1n) is 8.71. The van der Waals surface area contributed by atoms with Gasteiger partial charge in [-0.15, -0.1) is 10.2 Å². The lowest BCUT2D eigenvalue weighted by Crippen LogP contribution is -2.10. The topological polar surface area (TPSA) is 69.6 Å². The van der Waals surface area contributed by atoms with Crippen molar-refractivity contribution in [1.82, 2.24) is 24.9 Å². The zero-order valence-corrected chi connectivity index (χ0v) is 15.1. The lowest BCUT2D eigenvalue weighted by atomic mass is 9.89. The molecule has 0 saturated heterocycles. The predicted octanol–water partition coefficient (Wildman–Crippen LogP) is 4.21. The number of hydrogen-bond acceptors (Lipinski definition) is 6. The van der Waals surface area contributed by atoms with E-state index in [1.165, 1.54) is 32.1 Å². The minimum Gasteiger partial charge on any atom is -0.338 e. The van der Waals surface area contributed by atoms with Crippen LogP contribution in [0.4, 0.5) is 0 Å². The zero-order valence-electron chi connectivity index (χ0n) is 14.3. The SMILES string of the molecule is Cn1c(SCc2nc(-c3ccccc3)no2)nnc1C1CCCCC1. The highest BCUT2D eigenvalue weighted by atomic mass is 32.2. The summed E-state index contributed by atoms with van der Waals surface area (Å²) in [5.41, 5.74) is 0.959. The van der Waals surface area contributed by atoms with Crippen LogP contribution in [0, 0.1) is 0 Å². The van der Waals surface area contributed by atoms with Crippen LogP contribution < -0.4 is 0 Å². The maximum atomic E-state index is 5.36. The van der Waals surface area contributed by atoms with E-state index in [0.717, 1.165) is 16.5 Å². The molecule has 1 saturated carbocycles. The Balaban J connectivity index is 1.42. The Kier molecular flexibility index (Phi) is 4.83. The van der Waals surface area contributed by atoms with E-state index in [1.807, 2.05) is 30.3 Å². The highest BCUT2D eigenvalue weighted by molar-refractivity contribution is 7.98. The van der Waals surface area contributed by atoms with Gasteiger partial charge in [-0.3, -0.25) is 0 Å². The highest BCUT2D eigenvalue weighted by Gasteiger charge is 2.22. The maximum absolute atomic E-state index is 5.36. The van der Waals surface area contributed by atoms with Crippen LogP contribution in [-0.2, 0) is 12.8 Å². The van der Waals surface area contributed by atoms with Crippen molar-refractivity contribution in [2.24, 2.45) is 7.05 Å². The molecule has 1 aliphatic rings. The second kappa shape index (κ2) is 7.39. The molecule has 0 N–H and O–H groups in total. The Morgan fingerprint density at radius 2 is 1.92 bits per heavy atom. The minimum atomic E-state index is 0.550. The van der Waals surface area contributed by atoms with Gasteiger partial charge in [-0.2, -0.15) is 4.98 Å². The van der Waals surface area contributed by atoms with Gasteiger partial charge >= 0.3 is 0 Å². The molecule has 0 radical (unpaired) electrons. The van der Waals surface area contributed by atoms with E-state index in [4.69, 9.17) is 4.52 Å². The van der Waals surface area contributed by atoms with Crippen molar-refractivity contribution in [2.45, 2.75) is 48.9 Å². The molecule has 130 valence electrons. The fourth-order valence-electron chi connectivity index (χ4n) is 3.31. The molecule has 1 fully saturated rings. The molecule has 25 heavy (non-hydrogen) atoms. The van der Waals surface area contributed by atoms with Crippen LogP contribution in [0.15, 0.2) is 40.0 Å². The van der Waals surface area contributed by atoms with Crippen molar-refractivity contribution in [3.8, 4) is 11.4 Å². The maximum Gasteiger partial charge on any atom is 0.237 e. The van der Waals surface area contributed by atoms with E-state index < -0.39 is 0 Å². The van der Waals surface area contributed by atoms with E-state index in [0.29, 0.717) is 23.4 Å². The van der Waals surface area contributed by atoms with Gasteiger partial charge in [0.05, 0.1) is 5.75 Å². The van der Waals surface area contributed by atoms with Gasteiger partial charge in [-0.05, 0) is 12.8 Å². The molecule has 0 amide bonds. The Hall–Kier alpha value is -2.15. The monoisotopic (exact) mass is 355 g/mol. The van der Waals surface area contributed by atoms with Crippen LogP contribution in [0.2, 0.25) is 0 Å². The smallest absolute Gasteiger partial charge is 0.237 e. The summed E-state index contributed by atoms with van der Waals surface area (Å²) < 4.78 is 7.48. The third-order valence-electron chi connectivity index (χ3n) is 4.66. The normalized spacial score (nSPS) is 15.6. The van der Waals surface area contributed by atoms with Gasteiger partial charge in [0.15, 0.2) is 5.16 Å². The van der Waals surface area contributed by atoms with Crippen molar-refractivity contribution in [3.63, 3.8) is 0 Å². The van der Waals surface area contributed by atoms with E-state index in [2.05, 4.69) is 32.0 Å². The van der Waals surface area contributed by atoms with Gasteiger partial charge in [0.1, 0.15) is 5.82 Å². The van der Waals surface area contributed by atoms with E-state index in [9.17, 15) is 0 Å². The number of nitrogens with zero attached hydrogens (tertiary/aromatic N) is 5. The standard InChI is InChI=1S/C18H21N5OS/c1-23-17(14-10-6-3-7-11-14)20-21-18(23)25-12-15-19-16(22-24-15)13-8-4-2-5-9-13/h2,4-5,8-9,14H,3,6-7,10-12H2,1H3. The number of rotatable bonds is 5. The molecule has 0 aliphatic heterocycles. The van der Waals surface area contributed by atoms with Crippen molar-refractivity contribution < 1.29 is 4.52 Å². The predicted molar refractivity (Wildman–Crippen MR) is 96.1 cm³/mol. The quantitative estimate of drug-likeness (QED) is 0.639. The lowest BCUT2D eigenvalue weighted by molar-refractivity contribution is 0.391. The molecule has 2 heterocycles. The third kappa shape index (κ3) is 3.61. The van der Waals surface area contributed by atoms with E-state index in [1.54, 1.807) is 11.8 Å². The molecule has 4 rings (SSSR count). The molecular weight excluding hydrogens is 334 g/mol. The second-order valence-corrected chi connectivity index (χ2v) is 7.34. The minimum absolute atomic E-state index is 0.550.